The quantitative estimate of drug-likeness (QED) is 0.890. The fraction of sp³-hybridized carbons (Fsp3) is 0.267. The van der Waals surface area contributed by atoms with Crippen LogP contribution in [0.5, 0.6) is 0 Å². The first-order valence-electron chi connectivity index (χ1n) is 6.82. The molecule has 0 radical (unpaired) electrons. The summed E-state index contributed by atoms with van der Waals surface area (Å²) >= 11 is 4.76. The molecule has 2 aromatic rings. The van der Waals surface area contributed by atoms with E-state index in [4.69, 9.17) is 0 Å². The topological polar surface area (TPSA) is 62.3 Å². The summed E-state index contributed by atoms with van der Waals surface area (Å²) in [5.41, 5.74) is 1.69. The number of hydrogen-bond acceptors (Lipinski definition) is 4. The normalized spacial score (nSPS) is 17.8. The molecule has 1 aromatic heterocycles. The summed E-state index contributed by atoms with van der Waals surface area (Å²) in [6.07, 6.45) is 0.228. The molecule has 1 fully saturated rings. The second kappa shape index (κ2) is 6.18. The lowest BCUT2D eigenvalue weighted by Gasteiger charge is -2.16. The number of hydrogen-bond donors (Lipinski definition) is 1. The molecule has 1 unspecified atom stereocenters. The second-order valence-corrected chi connectivity index (χ2v) is 6.94. The van der Waals surface area contributed by atoms with Gasteiger partial charge in [-0.25, -0.2) is 4.98 Å². The van der Waals surface area contributed by atoms with Crippen molar-refractivity contribution in [2.24, 2.45) is 5.92 Å². The van der Waals surface area contributed by atoms with Crippen LogP contribution in [0.1, 0.15) is 12.1 Å². The predicted octanol–water partition coefficient (Wildman–Crippen LogP) is 3.21. The van der Waals surface area contributed by atoms with Crippen LogP contribution in [0.4, 0.5) is 10.8 Å². The highest BCUT2D eigenvalue weighted by atomic mass is 79.9. The molecule has 1 aliphatic heterocycles. The van der Waals surface area contributed by atoms with Gasteiger partial charge in [0.25, 0.3) is 0 Å². The minimum absolute atomic E-state index is 0.0298. The summed E-state index contributed by atoms with van der Waals surface area (Å²) in [7, 11) is 0. The molecular weight excluding hydrogens is 366 g/mol. The summed E-state index contributed by atoms with van der Waals surface area (Å²) < 4.78 is 0.955. The highest BCUT2D eigenvalue weighted by Gasteiger charge is 2.35. The van der Waals surface area contributed by atoms with Crippen LogP contribution < -0.4 is 10.2 Å². The van der Waals surface area contributed by atoms with Crippen LogP contribution in [-0.4, -0.2) is 23.3 Å². The van der Waals surface area contributed by atoms with Crippen molar-refractivity contribution in [3.05, 3.63) is 39.8 Å². The molecule has 1 aliphatic rings. The molecule has 3 rings (SSSR count). The number of aryl methyl sites for hydroxylation is 1. The van der Waals surface area contributed by atoms with Crippen molar-refractivity contribution in [2.75, 3.05) is 16.8 Å². The van der Waals surface area contributed by atoms with Gasteiger partial charge in [0.2, 0.25) is 11.8 Å². The first kappa shape index (κ1) is 15.2. The number of benzene rings is 1. The molecule has 5 nitrogen and oxygen atoms in total. The van der Waals surface area contributed by atoms with Crippen molar-refractivity contribution in [1.82, 2.24) is 4.98 Å². The van der Waals surface area contributed by atoms with Crippen LogP contribution in [0.2, 0.25) is 0 Å². The minimum Gasteiger partial charge on any atom is -0.312 e. The molecule has 1 atom stereocenters. The smallest absolute Gasteiger partial charge is 0.231 e. The standard InChI is InChI=1S/C15H14BrN3O2S/c1-9-8-22-15(17-9)18-14(21)10-6-13(20)19(7-10)12-4-2-11(16)3-5-12/h2-5,8,10H,6-7H2,1H3,(H,17,18,21). The van der Waals surface area contributed by atoms with Crippen LogP contribution in [-0.2, 0) is 9.59 Å². The molecule has 22 heavy (non-hydrogen) atoms. The zero-order valence-electron chi connectivity index (χ0n) is 11.9. The lowest BCUT2D eigenvalue weighted by molar-refractivity contribution is -0.122. The number of nitrogens with one attached hydrogen (secondary N) is 1. The van der Waals surface area contributed by atoms with Crippen LogP contribution in [0.3, 0.4) is 0 Å². The Morgan fingerprint density at radius 1 is 1.41 bits per heavy atom. The molecule has 7 heteroatoms. The number of nitrogens with zero attached hydrogens (tertiary/aromatic N) is 2. The first-order valence-corrected chi connectivity index (χ1v) is 8.49. The number of halogens is 1. The van der Waals surface area contributed by atoms with Gasteiger partial charge >= 0.3 is 0 Å². The summed E-state index contributed by atoms with van der Waals surface area (Å²) in [6.45, 7) is 2.27. The lowest BCUT2D eigenvalue weighted by Crippen LogP contribution is -2.28. The van der Waals surface area contributed by atoms with Gasteiger partial charge in [0, 0.05) is 28.5 Å². The van der Waals surface area contributed by atoms with E-state index in [0.29, 0.717) is 11.7 Å². The third-order valence-corrected chi connectivity index (χ3v) is 4.89. The Kier molecular flexibility index (Phi) is 4.26. The summed E-state index contributed by atoms with van der Waals surface area (Å²) in [5, 5.41) is 5.25. The predicted molar refractivity (Wildman–Crippen MR) is 90.1 cm³/mol. The number of carbonyl (C=O) groups is 2. The van der Waals surface area contributed by atoms with Crippen molar-refractivity contribution >= 4 is 49.9 Å². The van der Waals surface area contributed by atoms with Gasteiger partial charge in [-0.3, -0.25) is 9.59 Å². The first-order chi connectivity index (χ1) is 10.5. The Hall–Kier alpha value is -1.73. The Balaban J connectivity index is 1.68. The highest BCUT2D eigenvalue weighted by Crippen LogP contribution is 2.27. The molecule has 2 heterocycles. The van der Waals surface area contributed by atoms with Crippen molar-refractivity contribution in [2.45, 2.75) is 13.3 Å². The molecule has 2 amide bonds. The second-order valence-electron chi connectivity index (χ2n) is 5.17. The number of anilines is 2. The van der Waals surface area contributed by atoms with E-state index in [1.165, 1.54) is 11.3 Å². The fourth-order valence-electron chi connectivity index (χ4n) is 2.37. The zero-order chi connectivity index (χ0) is 15.7. The fourth-order valence-corrected chi connectivity index (χ4v) is 3.33. The van der Waals surface area contributed by atoms with Gasteiger partial charge in [-0.2, -0.15) is 0 Å². The average molecular weight is 380 g/mol. The third-order valence-electron chi connectivity index (χ3n) is 3.48. The van der Waals surface area contributed by atoms with Crippen molar-refractivity contribution in [1.29, 1.82) is 0 Å². The molecule has 1 N–H and O–H groups in total. The van der Waals surface area contributed by atoms with Crippen LogP contribution in [0.25, 0.3) is 0 Å². The van der Waals surface area contributed by atoms with E-state index in [2.05, 4.69) is 26.2 Å². The minimum atomic E-state index is -0.347. The Bertz CT molecular complexity index is 714. The van der Waals surface area contributed by atoms with Crippen molar-refractivity contribution < 1.29 is 9.59 Å². The van der Waals surface area contributed by atoms with Gasteiger partial charge in [-0.15, -0.1) is 11.3 Å². The lowest BCUT2D eigenvalue weighted by atomic mass is 10.1. The van der Waals surface area contributed by atoms with E-state index >= 15 is 0 Å². The van der Waals surface area contributed by atoms with Crippen LogP contribution >= 0.6 is 27.3 Å². The van der Waals surface area contributed by atoms with E-state index in [0.717, 1.165) is 15.9 Å². The third kappa shape index (κ3) is 3.20. The van der Waals surface area contributed by atoms with Gasteiger partial charge in [0.15, 0.2) is 5.13 Å². The molecule has 1 saturated heterocycles. The molecule has 0 saturated carbocycles. The van der Waals surface area contributed by atoms with Crippen molar-refractivity contribution in [3.63, 3.8) is 0 Å². The number of carbonyl (C=O) groups excluding carboxylic acids is 2. The molecule has 1 aromatic carbocycles. The maximum Gasteiger partial charge on any atom is 0.231 e. The summed E-state index contributed by atoms with van der Waals surface area (Å²) in [5.74, 6) is -0.527. The van der Waals surface area contributed by atoms with Gasteiger partial charge in [-0.1, -0.05) is 15.9 Å². The monoisotopic (exact) mass is 379 g/mol. The molecule has 114 valence electrons. The Morgan fingerprint density at radius 3 is 2.77 bits per heavy atom. The molecule has 0 aliphatic carbocycles. The van der Waals surface area contributed by atoms with Gasteiger partial charge in [0.1, 0.15) is 0 Å². The highest BCUT2D eigenvalue weighted by molar-refractivity contribution is 9.10. The maximum atomic E-state index is 12.3. The van der Waals surface area contributed by atoms with E-state index < -0.39 is 0 Å². The van der Waals surface area contributed by atoms with Gasteiger partial charge in [0.05, 0.1) is 11.6 Å². The van der Waals surface area contributed by atoms with Crippen molar-refractivity contribution in [3.8, 4) is 0 Å². The van der Waals surface area contributed by atoms with E-state index in [1.54, 1.807) is 4.90 Å². The number of rotatable bonds is 3. The van der Waals surface area contributed by atoms with Gasteiger partial charge < -0.3 is 10.2 Å². The number of amides is 2. The van der Waals surface area contributed by atoms with Crippen LogP contribution in [0.15, 0.2) is 34.1 Å². The maximum absolute atomic E-state index is 12.3. The van der Waals surface area contributed by atoms with E-state index in [9.17, 15) is 9.59 Å². The average Bonchev–Trinajstić information content (AvgIpc) is 3.06. The number of thiazole rings is 1. The summed E-state index contributed by atoms with van der Waals surface area (Å²) in [4.78, 5) is 30.3. The van der Waals surface area contributed by atoms with Gasteiger partial charge in [-0.05, 0) is 31.2 Å². The van der Waals surface area contributed by atoms with E-state index in [1.807, 2.05) is 36.6 Å². The SMILES string of the molecule is Cc1csc(NC(=O)C2CC(=O)N(c3ccc(Br)cc3)C2)n1. The Labute approximate surface area is 140 Å². The number of aromatic nitrogens is 1. The van der Waals surface area contributed by atoms with Crippen LogP contribution in [0, 0.1) is 12.8 Å². The largest absolute Gasteiger partial charge is 0.312 e. The molecule has 0 spiro atoms. The Morgan fingerprint density at radius 2 is 2.14 bits per heavy atom. The molecular formula is C15H14BrN3O2S. The van der Waals surface area contributed by atoms with E-state index in [-0.39, 0.29) is 24.2 Å². The summed E-state index contributed by atoms with van der Waals surface area (Å²) in [6, 6.07) is 7.50. The molecule has 0 bridgehead atoms. The zero-order valence-corrected chi connectivity index (χ0v) is 14.3.